The van der Waals surface area contributed by atoms with Gasteiger partial charge in [0.05, 0.1) is 5.70 Å². The van der Waals surface area contributed by atoms with Crippen molar-refractivity contribution >= 4 is 22.6 Å². The van der Waals surface area contributed by atoms with E-state index in [1.54, 1.807) is 0 Å². The number of rotatable bonds is 1. The van der Waals surface area contributed by atoms with Gasteiger partial charge >= 0.3 is 0 Å². The van der Waals surface area contributed by atoms with Crippen LogP contribution in [0.2, 0.25) is 0 Å². The van der Waals surface area contributed by atoms with Crippen LogP contribution < -0.4 is 5.32 Å². The molecule has 3 nitrogen and oxygen atoms in total. The zero-order valence-corrected chi connectivity index (χ0v) is 8.21. The zero-order chi connectivity index (χ0) is 8.27. The Hall–Kier alpha value is -0.650. The van der Waals surface area contributed by atoms with Crippen LogP contribution in [0.4, 0.5) is 0 Å². The molecule has 0 aromatic carbocycles. The molecule has 0 saturated carbocycles. The molecule has 0 aromatic heterocycles. The van der Waals surface area contributed by atoms with Gasteiger partial charge < -0.3 is 5.32 Å². The highest BCUT2D eigenvalue weighted by atomic mass is 127. The third kappa shape index (κ3) is 2.14. The van der Waals surface area contributed by atoms with Gasteiger partial charge in [0, 0.05) is 6.20 Å². The number of dihydropyridines is 1. The minimum absolute atomic E-state index is 0.669. The third-order valence-corrected chi connectivity index (χ3v) is 2.11. The molecule has 0 unspecified atom stereocenters. The highest BCUT2D eigenvalue weighted by Crippen LogP contribution is 2.16. The van der Waals surface area contributed by atoms with E-state index in [2.05, 4.69) is 10.4 Å². The molecule has 2 N–H and O–H groups in total. The highest BCUT2D eigenvalue weighted by molar-refractivity contribution is 14.1. The Balaban J connectivity index is 2.84. The van der Waals surface area contributed by atoms with Gasteiger partial charge in [0.15, 0.2) is 0 Å². The van der Waals surface area contributed by atoms with Crippen molar-refractivity contribution in [1.29, 1.82) is 5.53 Å². The van der Waals surface area contributed by atoms with E-state index in [0.717, 1.165) is 5.70 Å². The van der Waals surface area contributed by atoms with Crippen molar-refractivity contribution < 1.29 is 0 Å². The van der Waals surface area contributed by atoms with E-state index in [-0.39, 0.29) is 0 Å². The van der Waals surface area contributed by atoms with Crippen molar-refractivity contribution in [2.75, 3.05) is 0 Å². The minimum Gasteiger partial charge on any atom is -0.359 e. The molecule has 0 bridgehead atoms. The smallest absolute Gasteiger partial charge is 0.146 e. The van der Waals surface area contributed by atoms with Gasteiger partial charge in [0.1, 0.15) is 3.70 Å². The first-order valence-corrected chi connectivity index (χ1v) is 4.20. The average molecular weight is 261 g/mol. The van der Waals surface area contributed by atoms with Crippen LogP contribution in [-0.4, -0.2) is 0 Å². The van der Waals surface area contributed by atoms with Crippen LogP contribution in [0.5, 0.6) is 0 Å². The standard InChI is InChI=1S/C7H8IN3/c1-5-2-3-6(10-4-5)7(8)11-9/h2-4,9-10H,1H3/b7-6-,11-9?. The quantitative estimate of drug-likeness (QED) is 0.425. The summed E-state index contributed by atoms with van der Waals surface area (Å²) in [4.78, 5) is 0. The van der Waals surface area contributed by atoms with Crippen molar-refractivity contribution in [2.45, 2.75) is 6.92 Å². The molecule has 1 aliphatic heterocycles. The van der Waals surface area contributed by atoms with Crippen LogP contribution in [0.15, 0.2) is 38.4 Å². The molecule has 58 valence electrons. The SMILES string of the molecule is CC1=CN/C(=C(/I)N=N)C=C1. The van der Waals surface area contributed by atoms with Crippen molar-refractivity contribution in [3.8, 4) is 0 Å². The Morgan fingerprint density at radius 2 is 2.36 bits per heavy atom. The van der Waals surface area contributed by atoms with Crippen molar-refractivity contribution in [1.82, 2.24) is 5.32 Å². The Morgan fingerprint density at radius 1 is 1.64 bits per heavy atom. The van der Waals surface area contributed by atoms with Gasteiger partial charge in [-0.1, -0.05) is 6.08 Å². The summed E-state index contributed by atoms with van der Waals surface area (Å²) in [5.74, 6) is 0. The number of hydrogen-bond donors (Lipinski definition) is 2. The lowest BCUT2D eigenvalue weighted by Gasteiger charge is -2.07. The summed E-state index contributed by atoms with van der Waals surface area (Å²) in [6.07, 6.45) is 5.78. The molecule has 0 spiro atoms. The van der Waals surface area contributed by atoms with Crippen LogP contribution in [0.1, 0.15) is 6.92 Å². The predicted octanol–water partition coefficient (Wildman–Crippen LogP) is 2.68. The molecular weight excluding hydrogens is 253 g/mol. The maximum Gasteiger partial charge on any atom is 0.146 e. The first kappa shape index (κ1) is 8.45. The van der Waals surface area contributed by atoms with Crippen LogP contribution in [0.3, 0.4) is 0 Å². The maximum atomic E-state index is 6.76. The van der Waals surface area contributed by atoms with Crippen molar-refractivity contribution in [3.63, 3.8) is 0 Å². The minimum atomic E-state index is 0.669. The van der Waals surface area contributed by atoms with E-state index in [1.807, 2.05) is 47.9 Å². The average Bonchev–Trinajstić information content (AvgIpc) is 2.05. The molecular formula is C7H8IN3. The summed E-state index contributed by atoms with van der Waals surface area (Å²) in [5, 5.41) is 6.34. The fraction of sp³-hybridized carbons (Fsp3) is 0.143. The molecule has 0 saturated heterocycles. The first-order valence-electron chi connectivity index (χ1n) is 3.12. The summed E-state index contributed by atoms with van der Waals surface area (Å²) >= 11 is 2.01. The monoisotopic (exact) mass is 261 g/mol. The Bertz CT molecular complexity index is 263. The molecule has 1 aliphatic rings. The van der Waals surface area contributed by atoms with E-state index in [9.17, 15) is 0 Å². The van der Waals surface area contributed by atoms with E-state index in [0.29, 0.717) is 3.70 Å². The fourth-order valence-electron chi connectivity index (χ4n) is 0.691. The Morgan fingerprint density at radius 3 is 2.82 bits per heavy atom. The lowest BCUT2D eigenvalue weighted by Crippen LogP contribution is -2.07. The lowest BCUT2D eigenvalue weighted by atomic mass is 10.2. The first-order chi connectivity index (χ1) is 5.24. The summed E-state index contributed by atoms with van der Waals surface area (Å²) in [6.45, 7) is 2.00. The molecule has 0 radical (unpaired) electrons. The predicted molar refractivity (Wildman–Crippen MR) is 52.2 cm³/mol. The molecule has 1 rings (SSSR count). The molecule has 1 heterocycles. The van der Waals surface area contributed by atoms with Gasteiger partial charge in [0.25, 0.3) is 0 Å². The number of nitrogens with zero attached hydrogens (tertiary/aromatic N) is 1. The second-order valence-electron chi connectivity index (χ2n) is 2.18. The zero-order valence-electron chi connectivity index (χ0n) is 6.06. The van der Waals surface area contributed by atoms with Gasteiger partial charge in [0.2, 0.25) is 0 Å². The molecule has 4 heteroatoms. The summed E-state index contributed by atoms with van der Waals surface area (Å²) in [7, 11) is 0. The van der Waals surface area contributed by atoms with Crippen LogP contribution in [-0.2, 0) is 0 Å². The topological polar surface area (TPSA) is 48.2 Å². The second kappa shape index (κ2) is 3.66. The Labute approximate surface area is 78.9 Å². The van der Waals surface area contributed by atoms with Crippen molar-refractivity contribution in [3.05, 3.63) is 33.3 Å². The van der Waals surface area contributed by atoms with Gasteiger partial charge in [-0.2, -0.15) is 5.11 Å². The van der Waals surface area contributed by atoms with Crippen LogP contribution >= 0.6 is 22.6 Å². The van der Waals surface area contributed by atoms with Crippen LogP contribution in [0.25, 0.3) is 0 Å². The lowest BCUT2D eigenvalue weighted by molar-refractivity contribution is 1.02. The number of nitrogens with one attached hydrogen (secondary N) is 2. The largest absolute Gasteiger partial charge is 0.359 e. The number of hydrogen-bond acceptors (Lipinski definition) is 3. The van der Waals surface area contributed by atoms with Crippen LogP contribution in [0, 0.1) is 5.53 Å². The molecule has 0 aromatic rings. The molecule has 0 aliphatic carbocycles. The summed E-state index contributed by atoms with van der Waals surface area (Å²) in [5.41, 5.74) is 8.81. The molecule has 11 heavy (non-hydrogen) atoms. The third-order valence-electron chi connectivity index (χ3n) is 1.29. The highest BCUT2D eigenvalue weighted by Gasteiger charge is 2.00. The van der Waals surface area contributed by atoms with Gasteiger partial charge in [-0.15, -0.1) is 0 Å². The van der Waals surface area contributed by atoms with E-state index in [4.69, 9.17) is 5.53 Å². The number of halogens is 1. The van der Waals surface area contributed by atoms with E-state index >= 15 is 0 Å². The van der Waals surface area contributed by atoms with E-state index in [1.165, 1.54) is 5.57 Å². The molecule has 0 fully saturated rings. The van der Waals surface area contributed by atoms with Gasteiger partial charge in [-0.05, 0) is 41.2 Å². The van der Waals surface area contributed by atoms with E-state index < -0.39 is 0 Å². The number of allylic oxidation sites excluding steroid dienone is 3. The molecule has 0 atom stereocenters. The summed E-state index contributed by atoms with van der Waals surface area (Å²) in [6, 6.07) is 0. The summed E-state index contributed by atoms with van der Waals surface area (Å²) < 4.78 is 0.669. The normalized spacial score (nSPS) is 20.4. The van der Waals surface area contributed by atoms with Crippen molar-refractivity contribution in [2.24, 2.45) is 5.11 Å². The second-order valence-corrected chi connectivity index (χ2v) is 3.20. The van der Waals surface area contributed by atoms with Gasteiger partial charge in [-0.25, -0.2) is 5.53 Å². The Kier molecular flexibility index (Phi) is 2.81. The van der Waals surface area contributed by atoms with Gasteiger partial charge in [-0.3, -0.25) is 0 Å². The fourth-order valence-corrected chi connectivity index (χ4v) is 1.03. The molecule has 0 amide bonds. The maximum absolute atomic E-state index is 6.76.